The zero-order valence-corrected chi connectivity index (χ0v) is 10.8. The van der Waals surface area contributed by atoms with Crippen molar-refractivity contribution in [3.05, 3.63) is 35.9 Å². The number of benzene rings is 1. The number of nitrogens with one attached hydrogen (secondary N) is 1. The van der Waals surface area contributed by atoms with Crippen molar-refractivity contribution in [2.24, 2.45) is 0 Å². The van der Waals surface area contributed by atoms with E-state index >= 15 is 0 Å². The van der Waals surface area contributed by atoms with Crippen molar-refractivity contribution in [3.63, 3.8) is 0 Å². The van der Waals surface area contributed by atoms with Crippen LogP contribution in [0.15, 0.2) is 30.3 Å². The number of hydrogen-bond acceptors (Lipinski definition) is 2. The first kappa shape index (κ1) is 12.0. The summed E-state index contributed by atoms with van der Waals surface area (Å²) in [4.78, 5) is 0. The lowest BCUT2D eigenvalue weighted by Crippen LogP contribution is -2.26. The molecule has 1 aromatic rings. The second-order valence-corrected chi connectivity index (χ2v) is 6.01. The van der Waals surface area contributed by atoms with Gasteiger partial charge in [-0.3, -0.25) is 0 Å². The van der Waals surface area contributed by atoms with Gasteiger partial charge in [0.2, 0.25) is 0 Å². The molecule has 1 heterocycles. The molecule has 2 unspecified atom stereocenters. The Morgan fingerprint density at radius 2 is 2.19 bits per heavy atom. The molecular weight excluding hydrogens is 214 g/mol. The molecule has 0 radical (unpaired) electrons. The predicted octanol–water partition coefficient (Wildman–Crippen LogP) is 3.28. The highest BCUT2D eigenvalue weighted by Crippen LogP contribution is 2.25. The summed E-state index contributed by atoms with van der Waals surface area (Å²) in [5.41, 5.74) is 1.44. The van der Waals surface area contributed by atoms with Crippen molar-refractivity contribution in [1.82, 2.24) is 5.32 Å². The summed E-state index contributed by atoms with van der Waals surface area (Å²) in [7, 11) is 0. The van der Waals surface area contributed by atoms with Crippen molar-refractivity contribution in [1.29, 1.82) is 0 Å². The van der Waals surface area contributed by atoms with Gasteiger partial charge in [0.05, 0.1) is 0 Å². The van der Waals surface area contributed by atoms with Gasteiger partial charge in [-0.05, 0) is 30.1 Å². The minimum atomic E-state index is 0.618. The Balaban J connectivity index is 1.69. The van der Waals surface area contributed by atoms with E-state index < -0.39 is 0 Å². The van der Waals surface area contributed by atoms with E-state index in [0.717, 1.165) is 11.8 Å². The average Bonchev–Trinajstić information content (AvgIpc) is 2.83. The maximum atomic E-state index is 3.60. The van der Waals surface area contributed by atoms with Crippen LogP contribution >= 0.6 is 11.8 Å². The molecule has 88 valence electrons. The molecule has 1 nitrogen and oxygen atoms in total. The molecule has 2 atom stereocenters. The van der Waals surface area contributed by atoms with E-state index in [2.05, 4.69) is 54.3 Å². The van der Waals surface area contributed by atoms with Crippen molar-refractivity contribution in [2.45, 2.75) is 30.9 Å². The molecule has 0 spiro atoms. The third-order valence-electron chi connectivity index (χ3n) is 3.22. The summed E-state index contributed by atoms with van der Waals surface area (Å²) in [6.07, 6.45) is 2.81. The molecule has 1 aromatic carbocycles. The maximum Gasteiger partial charge on any atom is 0.0172 e. The van der Waals surface area contributed by atoms with Crippen LogP contribution in [0.5, 0.6) is 0 Å². The van der Waals surface area contributed by atoms with Crippen LogP contribution in [0.25, 0.3) is 0 Å². The van der Waals surface area contributed by atoms with Gasteiger partial charge < -0.3 is 5.32 Å². The fourth-order valence-electron chi connectivity index (χ4n) is 2.17. The number of rotatable bonds is 5. The van der Waals surface area contributed by atoms with Gasteiger partial charge in [-0.2, -0.15) is 11.8 Å². The average molecular weight is 235 g/mol. The zero-order chi connectivity index (χ0) is 11.2. The molecule has 1 aliphatic rings. The topological polar surface area (TPSA) is 12.0 Å². The quantitative estimate of drug-likeness (QED) is 0.840. The standard InChI is InChI=1S/C14H21NS/c1-12(13-6-3-2-4-7-13)10-15-11-14-8-5-9-16-14/h2-4,6-7,12,14-15H,5,8-11H2,1H3. The summed E-state index contributed by atoms with van der Waals surface area (Å²) >= 11 is 2.13. The third kappa shape index (κ3) is 3.53. The van der Waals surface area contributed by atoms with Crippen LogP contribution in [0, 0.1) is 0 Å². The molecule has 1 fully saturated rings. The van der Waals surface area contributed by atoms with Crippen molar-refractivity contribution in [2.75, 3.05) is 18.8 Å². The van der Waals surface area contributed by atoms with E-state index in [4.69, 9.17) is 0 Å². The van der Waals surface area contributed by atoms with Crippen LogP contribution in [0.2, 0.25) is 0 Å². The first-order valence-electron chi connectivity index (χ1n) is 6.23. The minimum absolute atomic E-state index is 0.618. The van der Waals surface area contributed by atoms with E-state index in [9.17, 15) is 0 Å². The fraction of sp³-hybridized carbons (Fsp3) is 0.571. The van der Waals surface area contributed by atoms with E-state index in [0.29, 0.717) is 5.92 Å². The van der Waals surface area contributed by atoms with Crippen molar-refractivity contribution < 1.29 is 0 Å². The van der Waals surface area contributed by atoms with Gasteiger partial charge in [0.25, 0.3) is 0 Å². The Labute approximate surface area is 103 Å². The molecule has 2 heteroatoms. The first-order chi connectivity index (χ1) is 7.86. The van der Waals surface area contributed by atoms with Crippen LogP contribution in [-0.4, -0.2) is 24.1 Å². The highest BCUT2D eigenvalue weighted by Gasteiger charge is 2.15. The molecule has 0 bridgehead atoms. The monoisotopic (exact) mass is 235 g/mol. The summed E-state index contributed by atoms with van der Waals surface area (Å²) in [5.74, 6) is 1.98. The molecule has 0 aliphatic carbocycles. The lowest BCUT2D eigenvalue weighted by molar-refractivity contribution is 0.596. The van der Waals surface area contributed by atoms with Crippen LogP contribution < -0.4 is 5.32 Å². The number of thioether (sulfide) groups is 1. The highest BCUT2D eigenvalue weighted by molar-refractivity contribution is 8.00. The Morgan fingerprint density at radius 1 is 1.38 bits per heavy atom. The molecule has 1 aliphatic heterocycles. The number of hydrogen-bond donors (Lipinski definition) is 1. The molecule has 1 saturated heterocycles. The van der Waals surface area contributed by atoms with E-state index in [1.165, 1.54) is 30.7 Å². The Morgan fingerprint density at radius 3 is 2.88 bits per heavy atom. The van der Waals surface area contributed by atoms with Crippen LogP contribution in [0.4, 0.5) is 0 Å². The van der Waals surface area contributed by atoms with Crippen LogP contribution in [0.1, 0.15) is 31.2 Å². The maximum absolute atomic E-state index is 3.60. The Kier molecular flexibility index (Phi) is 4.73. The second-order valence-electron chi connectivity index (χ2n) is 4.61. The molecule has 0 amide bonds. The highest BCUT2D eigenvalue weighted by atomic mass is 32.2. The predicted molar refractivity (Wildman–Crippen MR) is 73.2 cm³/mol. The summed E-state index contributed by atoms with van der Waals surface area (Å²) in [5, 5.41) is 4.47. The first-order valence-corrected chi connectivity index (χ1v) is 7.28. The SMILES string of the molecule is CC(CNCC1CCCS1)c1ccccc1. The summed E-state index contributed by atoms with van der Waals surface area (Å²) in [6.45, 7) is 4.58. The van der Waals surface area contributed by atoms with Gasteiger partial charge in [0, 0.05) is 18.3 Å². The normalized spacial score (nSPS) is 22.2. The van der Waals surface area contributed by atoms with Crippen LogP contribution in [-0.2, 0) is 0 Å². The molecular formula is C14H21NS. The van der Waals surface area contributed by atoms with Gasteiger partial charge in [0.1, 0.15) is 0 Å². The van der Waals surface area contributed by atoms with Crippen LogP contribution in [0.3, 0.4) is 0 Å². The van der Waals surface area contributed by atoms with Crippen molar-refractivity contribution in [3.8, 4) is 0 Å². The summed E-state index contributed by atoms with van der Waals surface area (Å²) in [6, 6.07) is 10.8. The molecule has 0 aromatic heterocycles. The van der Waals surface area contributed by atoms with Crippen molar-refractivity contribution >= 4 is 11.8 Å². The largest absolute Gasteiger partial charge is 0.315 e. The van der Waals surface area contributed by atoms with Gasteiger partial charge in [0.15, 0.2) is 0 Å². The zero-order valence-electron chi connectivity index (χ0n) is 9.99. The van der Waals surface area contributed by atoms with Gasteiger partial charge in [-0.15, -0.1) is 0 Å². The van der Waals surface area contributed by atoms with Gasteiger partial charge in [-0.1, -0.05) is 37.3 Å². The lowest BCUT2D eigenvalue weighted by atomic mass is 10.0. The smallest absolute Gasteiger partial charge is 0.0172 e. The van der Waals surface area contributed by atoms with Gasteiger partial charge in [-0.25, -0.2) is 0 Å². The molecule has 1 N–H and O–H groups in total. The molecule has 16 heavy (non-hydrogen) atoms. The lowest BCUT2D eigenvalue weighted by Gasteiger charge is -2.15. The Bertz CT molecular complexity index is 293. The van der Waals surface area contributed by atoms with E-state index in [1.54, 1.807) is 0 Å². The van der Waals surface area contributed by atoms with E-state index in [1.807, 2.05) is 0 Å². The van der Waals surface area contributed by atoms with E-state index in [-0.39, 0.29) is 0 Å². The summed E-state index contributed by atoms with van der Waals surface area (Å²) < 4.78 is 0. The Hall–Kier alpha value is -0.470. The molecule has 0 saturated carbocycles. The minimum Gasteiger partial charge on any atom is -0.315 e. The molecule has 2 rings (SSSR count). The third-order valence-corrected chi connectivity index (χ3v) is 4.61. The van der Waals surface area contributed by atoms with Gasteiger partial charge >= 0.3 is 0 Å². The fourth-order valence-corrected chi connectivity index (χ4v) is 3.40. The second kappa shape index (κ2) is 6.31.